The van der Waals surface area contributed by atoms with E-state index in [1.807, 2.05) is 42.5 Å². The van der Waals surface area contributed by atoms with Crippen LogP contribution in [0.25, 0.3) is 17.2 Å². The Morgan fingerprint density at radius 2 is 1.91 bits per heavy atom. The summed E-state index contributed by atoms with van der Waals surface area (Å²) in [6.45, 7) is 3.85. The van der Waals surface area contributed by atoms with Gasteiger partial charge in [0.25, 0.3) is 0 Å². The molecule has 2 aromatic rings. The lowest BCUT2D eigenvalue weighted by Crippen LogP contribution is -2.05. The van der Waals surface area contributed by atoms with E-state index in [1.54, 1.807) is 19.9 Å². The molecule has 0 aromatic heterocycles. The second-order valence-electron chi connectivity index (χ2n) is 4.92. The van der Waals surface area contributed by atoms with E-state index in [2.05, 4.69) is 12.6 Å². The molecule has 4 heteroatoms. The summed E-state index contributed by atoms with van der Waals surface area (Å²) < 4.78 is 5.00. The standard InChI is InChI=1S/C18H19NO2S/c1-3-21-18(20)12(2)9-15-10-14(11-16(19)17(15)22)13-7-5-4-6-8-13/h4-11,22H,3,19H2,1-2H3/b12-9+. The molecule has 0 fully saturated rings. The van der Waals surface area contributed by atoms with Crippen LogP contribution in [0.5, 0.6) is 0 Å². The summed E-state index contributed by atoms with van der Waals surface area (Å²) >= 11 is 4.44. The first-order valence-corrected chi connectivity index (χ1v) is 7.51. The van der Waals surface area contributed by atoms with E-state index in [0.717, 1.165) is 16.7 Å². The van der Waals surface area contributed by atoms with Gasteiger partial charge in [-0.25, -0.2) is 4.79 Å². The van der Waals surface area contributed by atoms with Crippen molar-refractivity contribution in [3.8, 4) is 11.1 Å². The molecule has 3 nitrogen and oxygen atoms in total. The van der Waals surface area contributed by atoms with Gasteiger partial charge in [-0.15, -0.1) is 12.6 Å². The summed E-state index contributed by atoms with van der Waals surface area (Å²) in [6, 6.07) is 13.8. The van der Waals surface area contributed by atoms with E-state index in [1.165, 1.54) is 0 Å². The zero-order valence-corrected chi connectivity index (χ0v) is 13.6. The highest BCUT2D eigenvalue weighted by atomic mass is 32.1. The average molecular weight is 313 g/mol. The Hall–Kier alpha value is -2.20. The Bertz CT molecular complexity index is 709. The zero-order valence-electron chi connectivity index (χ0n) is 12.7. The summed E-state index contributed by atoms with van der Waals surface area (Å²) in [4.78, 5) is 12.4. The minimum absolute atomic E-state index is 0.334. The Kier molecular flexibility index (Phi) is 5.28. The molecule has 0 amide bonds. The minimum atomic E-state index is -0.334. The largest absolute Gasteiger partial charge is 0.463 e. The summed E-state index contributed by atoms with van der Waals surface area (Å²) in [6.07, 6.45) is 1.75. The molecule has 0 saturated heterocycles. The second kappa shape index (κ2) is 7.18. The van der Waals surface area contributed by atoms with Crippen molar-refractivity contribution < 1.29 is 9.53 Å². The fourth-order valence-electron chi connectivity index (χ4n) is 2.12. The van der Waals surface area contributed by atoms with Gasteiger partial charge >= 0.3 is 5.97 Å². The molecular formula is C18H19NO2S. The van der Waals surface area contributed by atoms with Crippen LogP contribution in [0.15, 0.2) is 52.9 Å². The fraction of sp³-hybridized carbons (Fsp3) is 0.167. The Balaban J connectivity index is 2.46. The van der Waals surface area contributed by atoms with Gasteiger partial charge in [-0.3, -0.25) is 0 Å². The number of ether oxygens (including phenoxy) is 1. The van der Waals surface area contributed by atoms with Crippen LogP contribution in [0.3, 0.4) is 0 Å². The third-order valence-electron chi connectivity index (χ3n) is 3.25. The number of thiol groups is 1. The highest BCUT2D eigenvalue weighted by Crippen LogP contribution is 2.31. The van der Waals surface area contributed by atoms with Crippen LogP contribution in [0.1, 0.15) is 19.4 Å². The van der Waals surface area contributed by atoms with Crippen LogP contribution in [-0.2, 0) is 9.53 Å². The summed E-state index contributed by atoms with van der Waals surface area (Å²) in [7, 11) is 0. The summed E-state index contributed by atoms with van der Waals surface area (Å²) in [5, 5.41) is 0. The highest BCUT2D eigenvalue weighted by molar-refractivity contribution is 7.80. The number of esters is 1. The van der Waals surface area contributed by atoms with Crippen molar-refractivity contribution in [2.75, 3.05) is 12.3 Å². The van der Waals surface area contributed by atoms with Gasteiger partial charge in [0.1, 0.15) is 0 Å². The van der Waals surface area contributed by atoms with Crippen molar-refractivity contribution >= 4 is 30.4 Å². The smallest absolute Gasteiger partial charge is 0.333 e. The molecule has 0 saturated carbocycles. The second-order valence-corrected chi connectivity index (χ2v) is 5.36. The molecule has 0 unspecified atom stereocenters. The SMILES string of the molecule is CCOC(=O)/C(C)=C/c1cc(-c2ccccc2)cc(N)c1S. The quantitative estimate of drug-likeness (QED) is 0.385. The maximum Gasteiger partial charge on any atom is 0.333 e. The highest BCUT2D eigenvalue weighted by Gasteiger charge is 2.09. The lowest BCUT2D eigenvalue weighted by atomic mass is 10.0. The third kappa shape index (κ3) is 3.71. The van der Waals surface area contributed by atoms with Gasteiger partial charge in [-0.1, -0.05) is 30.3 Å². The first-order valence-electron chi connectivity index (χ1n) is 7.06. The van der Waals surface area contributed by atoms with E-state index < -0.39 is 0 Å². The molecule has 0 aliphatic carbocycles. The maximum absolute atomic E-state index is 11.8. The number of hydrogen-bond donors (Lipinski definition) is 2. The van der Waals surface area contributed by atoms with Crippen molar-refractivity contribution in [3.63, 3.8) is 0 Å². The van der Waals surface area contributed by atoms with E-state index in [9.17, 15) is 4.79 Å². The molecule has 2 rings (SSSR count). The van der Waals surface area contributed by atoms with E-state index in [0.29, 0.717) is 22.8 Å². The molecule has 0 heterocycles. The minimum Gasteiger partial charge on any atom is -0.463 e. The number of carbonyl (C=O) groups is 1. The van der Waals surface area contributed by atoms with E-state index >= 15 is 0 Å². The molecule has 0 atom stereocenters. The van der Waals surface area contributed by atoms with Crippen molar-refractivity contribution in [1.29, 1.82) is 0 Å². The topological polar surface area (TPSA) is 52.3 Å². The van der Waals surface area contributed by atoms with Gasteiger partial charge in [0, 0.05) is 16.2 Å². The molecular weight excluding hydrogens is 294 g/mol. The molecule has 0 aliphatic heterocycles. The molecule has 0 spiro atoms. The van der Waals surface area contributed by atoms with Gasteiger partial charge in [-0.05, 0) is 48.7 Å². The van der Waals surface area contributed by atoms with Crippen molar-refractivity contribution in [2.24, 2.45) is 0 Å². The first kappa shape index (κ1) is 16.2. The molecule has 2 N–H and O–H groups in total. The lowest BCUT2D eigenvalue weighted by molar-refractivity contribution is -0.138. The predicted octanol–water partition coefficient (Wildman–Crippen LogP) is 4.19. The van der Waals surface area contributed by atoms with Gasteiger partial charge in [0.05, 0.1) is 6.61 Å². The van der Waals surface area contributed by atoms with E-state index in [4.69, 9.17) is 10.5 Å². The van der Waals surface area contributed by atoms with Crippen LogP contribution < -0.4 is 5.73 Å². The molecule has 0 bridgehead atoms. The number of rotatable bonds is 4. The predicted molar refractivity (Wildman–Crippen MR) is 93.8 cm³/mol. The van der Waals surface area contributed by atoms with Crippen LogP contribution in [-0.4, -0.2) is 12.6 Å². The van der Waals surface area contributed by atoms with Crippen molar-refractivity contribution in [3.05, 3.63) is 53.6 Å². The maximum atomic E-state index is 11.8. The Morgan fingerprint density at radius 3 is 2.55 bits per heavy atom. The normalized spacial score (nSPS) is 11.3. The molecule has 22 heavy (non-hydrogen) atoms. The number of anilines is 1. The molecule has 114 valence electrons. The molecule has 0 aliphatic rings. The van der Waals surface area contributed by atoms with Gasteiger partial charge in [0.15, 0.2) is 0 Å². The number of nitrogen functional groups attached to an aromatic ring is 1. The average Bonchev–Trinajstić information content (AvgIpc) is 2.52. The van der Waals surface area contributed by atoms with Crippen LogP contribution >= 0.6 is 12.6 Å². The van der Waals surface area contributed by atoms with Gasteiger partial charge in [-0.2, -0.15) is 0 Å². The fourth-order valence-corrected chi connectivity index (χ4v) is 2.32. The third-order valence-corrected chi connectivity index (χ3v) is 3.76. The Labute approximate surface area is 136 Å². The Morgan fingerprint density at radius 1 is 1.23 bits per heavy atom. The van der Waals surface area contributed by atoms with Crippen LogP contribution in [0.2, 0.25) is 0 Å². The lowest BCUT2D eigenvalue weighted by Gasteiger charge is -2.10. The monoisotopic (exact) mass is 313 g/mol. The molecule has 2 aromatic carbocycles. The van der Waals surface area contributed by atoms with Gasteiger partial charge in [0.2, 0.25) is 0 Å². The zero-order chi connectivity index (χ0) is 16.1. The van der Waals surface area contributed by atoms with Crippen LogP contribution in [0.4, 0.5) is 5.69 Å². The van der Waals surface area contributed by atoms with E-state index in [-0.39, 0.29) is 5.97 Å². The first-order chi connectivity index (χ1) is 10.5. The number of carbonyl (C=O) groups excluding carboxylic acids is 1. The van der Waals surface area contributed by atoms with Crippen molar-refractivity contribution in [2.45, 2.75) is 18.7 Å². The van der Waals surface area contributed by atoms with Crippen LogP contribution in [0, 0.1) is 0 Å². The molecule has 0 radical (unpaired) electrons. The van der Waals surface area contributed by atoms with Crippen molar-refractivity contribution in [1.82, 2.24) is 0 Å². The van der Waals surface area contributed by atoms with Gasteiger partial charge < -0.3 is 10.5 Å². The summed E-state index contributed by atoms with van der Waals surface area (Å²) in [5.74, 6) is -0.334. The summed E-state index contributed by atoms with van der Waals surface area (Å²) in [5.41, 5.74) is 9.98. The number of hydrogen-bond acceptors (Lipinski definition) is 4. The number of nitrogens with two attached hydrogens (primary N) is 1. The number of benzene rings is 2.